The molecule has 26 heavy (non-hydrogen) atoms. The van der Waals surface area contributed by atoms with Crippen LogP contribution in [0.1, 0.15) is 42.2 Å². The number of rotatable bonds is 3. The molecule has 2 atom stereocenters. The van der Waals surface area contributed by atoms with Crippen LogP contribution in [-0.4, -0.2) is 39.1 Å². The normalized spacial score (nSPS) is 24.2. The molecule has 4 rings (SSSR count). The van der Waals surface area contributed by atoms with Gasteiger partial charge in [0.2, 0.25) is 5.91 Å². The minimum absolute atomic E-state index is 0.0143. The summed E-state index contributed by atoms with van der Waals surface area (Å²) in [6.07, 6.45) is 3.85. The highest BCUT2D eigenvalue weighted by molar-refractivity contribution is 6.33. The average Bonchev–Trinajstić information content (AvgIpc) is 3.24. The molecule has 1 aromatic heterocycles. The quantitative estimate of drug-likeness (QED) is 0.900. The van der Waals surface area contributed by atoms with Crippen LogP contribution in [0.25, 0.3) is 0 Å². The third-order valence-corrected chi connectivity index (χ3v) is 5.84. The summed E-state index contributed by atoms with van der Waals surface area (Å²) in [5.41, 5.74) is 1.40. The Morgan fingerprint density at radius 2 is 2.19 bits per heavy atom. The van der Waals surface area contributed by atoms with E-state index in [0.29, 0.717) is 18.0 Å². The van der Waals surface area contributed by atoms with Crippen molar-refractivity contribution in [2.45, 2.75) is 37.6 Å². The highest BCUT2D eigenvalue weighted by atomic mass is 35.5. The molecule has 0 bridgehead atoms. The maximum Gasteiger partial charge on any atom is 0.276 e. The molecular formula is C19H21ClN4O2. The van der Waals surface area contributed by atoms with Gasteiger partial charge in [0.1, 0.15) is 0 Å². The minimum atomic E-state index is -0.691. The number of carbonyl (C=O) groups is 2. The monoisotopic (exact) mass is 372 g/mol. The first-order valence-electron chi connectivity index (χ1n) is 8.90. The topological polar surface area (TPSA) is 67.2 Å². The van der Waals surface area contributed by atoms with Crippen molar-refractivity contribution < 1.29 is 9.59 Å². The van der Waals surface area contributed by atoms with Crippen molar-refractivity contribution in [2.24, 2.45) is 7.05 Å². The SMILES string of the molecule is CCC[C@@H]1N(C(=O)c2nn(C)cc2Cl)CC[C@]12C(=O)Nc1ccccc12. The first-order chi connectivity index (χ1) is 12.5. The van der Waals surface area contributed by atoms with Crippen molar-refractivity contribution in [3.63, 3.8) is 0 Å². The van der Waals surface area contributed by atoms with E-state index >= 15 is 0 Å². The minimum Gasteiger partial charge on any atom is -0.333 e. The van der Waals surface area contributed by atoms with Crippen LogP contribution in [0, 0.1) is 0 Å². The molecule has 0 radical (unpaired) electrons. The number of anilines is 1. The molecule has 1 aromatic carbocycles. The molecule has 0 unspecified atom stereocenters. The second kappa shape index (κ2) is 6.13. The third-order valence-electron chi connectivity index (χ3n) is 5.56. The highest BCUT2D eigenvalue weighted by Gasteiger charge is 2.58. The van der Waals surface area contributed by atoms with Crippen LogP contribution in [0.2, 0.25) is 5.02 Å². The second-order valence-corrected chi connectivity index (χ2v) is 7.43. The fourth-order valence-electron chi connectivity index (χ4n) is 4.46. The molecule has 7 heteroatoms. The molecule has 2 aliphatic heterocycles. The van der Waals surface area contributed by atoms with Crippen LogP contribution in [0.15, 0.2) is 30.5 Å². The van der Waals surface area contributed by atoms with E-state index in [2.05, 4.69) is 17.3 Å². The van der Waals surface area contributed by atoms with E-state index in [0.717, 1.165) is 24.1 Å². The Hall–Kier alpha value is -2.34. The number of likely N-dealkylation sites (tertiary alicyclic amines) is 1. The standard InChI is InChI=1S/C19H21ClN4O2/c1-3-6-15-19(12-7-4-5-8-14(12)21-18(19)26)9-10-24(15)17(25)16-13(20)11-23(2)22-16/h4-5,7-8,11,15H,3,6,9-10H2,1-2H3,(H,21,26)/t15-,19+/m0/s1. The van der Waals surface area contributed by atoms with E-state index in [4.69, 9.17) is 11.6 Å². The van der Waals surface area contributed by atoms with Gasteiger partial charge in [0.25, 0.3) is 5.91 Å². The summed E-state index contributed by atoms with van der Waals surface area (Å²) >= 11 is 6.19. The molecule has 2 aromatic rings. The summed E-state index contributed by atoms with van der Waals surface area (Å²) in [6.45, 7) is 2.58. The van der Waals surface area contributed by atoms with E-state index in [9.17, 15) is 9.59 Å². The summed E-state index contributed by atoms with van der Waals surface area (Å²) < 4.78 is 1.54. The predicted molar refractivity (Wildman–Crippen MR) is 99.3 cm³/mol. The number of fused-ring (bicyclic) bond motifs is 2. The van der Waals surface area contributed by atoms with Gasteiger partial charge in [-0.3, -0.25) is 14.3 Å². The molecule has 2 aliphatic rings. The van der Waals surface area contributed by atoms with Crippen LogP contribution in [0.5, 0.6) is 0 Å². The van der Waals surface area contributed by atoms with Gasteiger partial charge in [-0.2, -0.15) is 5.10 Å². The molecule has 0 aliphatic carbocycles. The van der Waals surface area contributed by atoms with Crippen molar-refractivity contribution in [2.75, 3.05) is 11.9 Å². The predicted octanol–water partition coefficient (Wildman–Crippen LogP) is 2.98. The summed E-state index contributed by atoms with van der Waals surface area (Å²) in [7, 11) is 1.73. The van der Waals surface area contributed by atoms with Crippen molar-refractivity contribution >= 4 is 29.1 Å². The second-order valence-electron chi connectivity index (χ2n) is 7.02. The van der Waals surface area contributed by atoms with Crippen molar-refractivity contribution in [1.29, 1.82) is 0 Å². The molecule has 6 nitrogen and oxygen atoms in total. The van der Waals surface area contributed by atoms with E-state index in [1.54, 1.807) is 18.1 Å². The summed E-state index contributed by atoms with van der Waals surface area (Å²) in [5.74, 6) is -0.220. The number of carbonyl (C=O) groups excluding carboxylic acids is 2. The van der Waals surface area contributed by atoms with E-state index in [1.165, 1.54) is 4.68 Å². The van der Waals surface area contributed by atoms with Crippen molar-refractivity contribution in [3.8, 4) is 0 Å². The van der Waals surface area contributed by atoms with E-state index in [-0.39, 0.29) is 23.6 Å². The first-order valence-corrected chi connectivity index (χ1v) is 9.28. The number of amides is 2. The fraction of sp³-hybridized carbons (Fsp3) is 0.421. The maximum absolute atomic E-state index is 13.2. The maximum atomic E-state index is 13.2. The molecule has 3 heterocycles. The van der Waals surface area contributed by atoms with Crippen LogP contribution in [0.3, 0.4) is 0 Å². The van der Waals surface area contributed by atoms with Gasteiger partial charge in [0, 0.05) is 25.5 Å². The van der Waals surface area contributed by atoms with Gasteiger partial charge in [0.15, 0.2) is 5.69 Å². The number of para-hydroxylation sites is 1. The lowest BCUT2D eigenvalue weighted by molar-refractivity contribution is -0.121. The lowest BCUT2D eigenvalue weighted by Crippen LogP contribution is -2.48. The Morgan fingerprint density at radius 3 is 2.88 bits per heavy atom. The zero-order chi connectivity index (χ0) is 18.5. The van der Waals surface area contributed by atoms with Gasteiger partial charge in [-0.1, -0.05) is 43.1 Å². The van der Waals surface area contributed by atoms with Gasteiger partial charge in [-0.05, 0) is 24.5 Å². The smallest absolute Gasteiger partial charge is 0.276 e. The molecule has 2 amide bonds. The van der Waals surface area contributed by atoms with Gasteiger partial charge in [-0.25, -0.2) is 0 Å². The van der Waals surface area contributed by atoms with Crippen molar-refractivity contribution in [1.82, 2.24) is 14.7 Å². The number of halogens is 1. The number of aromatic nitrogens is 2. The number of nitrogens with one attached hydrogen (secondary N) is 1. The number of hydrogen-bond donors (Lipinski definition) is 1. The fourth-order valence-corrected chi connectivity index (χ4v) is 4.72. The lowest BCUT2D eigenvalue weighted by atomic mass is 9.73. The molecule has 1 saturated heterocycles. The Balaban J connectivity index is 1.77. The largest absolute Gasteiger partial charge is 0.333 e. The van der Waals surface area contributed by atoms with E-state index in [1.807, 2.05) is 24.3 Å². The molecule has 1 spiro atoms. The molecule has 136 valence electrons. The van der Waals surface area contributed by atoms with Gasteiger partial charge < -0.3 is 10.2 Å². The van der Waals surface area contributed by atoms with E-state index < -0.39 is 5.41 Å². The molecular weight excluding hydrogens is 352 g/mol. The first kappa shape index (κ1) is 17.1. The Morgan fingerprint density at radius 1 is 1.42 bits per heavy atom. The molecule has 0 saturated carbocycles. The summed E-state index contributed by atoms with van der Waals surface area (Å²) in [4.78, 5) is 28.0. The Labute approximate surface area is 157 Å². The number of nitrogens with zero attached hydrogens (tertiary/aromatic N) is 3. The average molecular weight is 373 g/mol. The number of hydrogen-bond acceptors (Lipinski definition) is 3. The number of aryl methyl sites for hydroxylation is 1. The molecule has 1 fully saturated rings. The van der Waals surface area contributed by atoms with Gasteiger partial charge in [-0.15, -0.1) is 0 Å². The summed E-state index contributed by atoms with van der Waals surface area (Å²) in [6, 6.07) is 7.58. The van der Waals surface area contributed by atoms with Crippen LogP contribution < -0.4 is 5.32 Å². The lowest BCUT2D eigenvalue weighted by Gasteiger charge is -2.33. The Kier molecular flexibility index (Phi) is 4.03. The highest BCUT2D eigenvalue weighted by Crippen LogP contribution is 2.49. The summed E-state index contributed by atoms with van der Waals surface area (Å²) in [5, 5.41) is 7.57. The number of benzene rings is 1. The Bertz CT molecular complexity index is 893. The van der Waals surface area contributed by atoms with Crippen molar-refractivity contribution in [3.05, 3.63) is 46.7 Å². The van der Waals surface area contributed by atoms with Crippen LogP contribution >= 0.6 is 11.6 Å². The zero-order valence-corrected chi connectivity index (χ0v) is 15.6. The van der Waals surface area contributed by atoms with Gasteiger partial charge >= 0.3 is 0 Å². The third kappa shape index (κ3) is 2.28. The zero-order valence-electron chi connectivity index (χ0n) is 14.8. The van der Waals surface area contributed by atoms with Crippen LogP contribution in [-0.2, 0) is 17.3 Å². The van der Waals surface area contributed by atoms with Crippen LogP contribution in [0.4, 0.5) is 5.69 Å². The van der Waals surface area contributed by atoms with Gasteiger partial charge in [0.05, 0.1) is 16.5 Å². The molecule has 1 N–H and O–H groups in total.